The van der Waals surface area contributed by atoms with Crippen molar-refractivity contribution in [3.8, 4) is 5.75 Å². The number of hydrogen-bond donors (Lipinski definition) is 2. The summed E-state index contributed by atoms with van der Waals surface area (Å²) in [5, 5.41) is 5.42. The van der Waals surface area contributed by atoms with Crippen LogP contribution in [0.4, 0.5) is 10.7 Å². The molecule has 1 aliphatic rings. The molecule has 31 heavy (non-hydrogen) atoms. The van der Waals surface area contributed by atoms with E-state index in [1.165, 1.54) is 0 Å². The molecule has 1 aliphatic heterocycles. The topological polar surface area (TPSA) is 106 Å². The van der Waals surface area contributed by atoms with E-state index in [-0.39, 0.29) is 0 Å². The molecule has 1 aromatic heterocycles. The number of methoxy groups -OCH3 is 1. The summed E-state index contributed by atoms with van der Waals surface area (Å²) >= 11 is 0. The smallest absolute Gasteiger partial charge is 0.325 e. The summed E-state index contributed by atoms with van der Waals surface area (Å²) in [4.78, 5) is 43.6. The highest BCUT2D eigenvalue weighted by Gasteiger charge is 2.49. The van der Waals surface area contributed by atoms with Gasteiger partial charge in [-0.1, -0.05) is 24.3 Å². The number of anilines is 1. The summed E-state index contributed by atoms with van der Waals surface area (Å²) in [5.41, 5.74) is 0.978. The minimum Gasteiger partial charge on any atom is -0.497 e. The third-order valence-corrected chi connectivity index (χ3v) is 5.47. The first kappa shape index (κ1) is 20.4. The number of nitrogens with zero attached hydrogens (tertiary/aromatic N) is 3. The Balaban J connectivity index is 1.52. The number of aromatic nitrogens is 2. The van der Waals surface area contributed by atoms with Gasteiger partial charge in [-0.25, -0.2) is 9.78 Å². The molecule has 0 aliphatic carbocycles. The van der Waals surface area contributed by atoms with Crippen LogP contribution < -0.4 is 15.4 Å². The summed E-state index contributed by atoms with van der Waals surface area (Å²) in [5.74, 6) is 0.00661. The minimum atomic E-state index is -1.26. The van der Waals surface area contributed by atoms with Crippen LogP contribution in [-0.4, -0.2) is 46.0 Å². The Hall–Kier alpha value is -3.88. The van der Waals surface area contributed by atoms with Gasteiger partial charge in [0.15, 0.2) is 0 Å². The molecule has 4 rings (SSSR count). The normalized spacial score (nSPS) is 18.4. The monoisotopic (exact) mass is 421 g/mol. The van der Waals surface area contributed by atoms with Crippen LogP contribution in [-0.2, 0) is 21.7 Å². The maximum absolute atomic E-state index is 13.1. The van der Waals surface area contributed by atoms with Gasteiger partial charge in [0.25, 0.3) is 5.91 Å². The largest absolute Gasteiger partial charge is 0.497 e. The second-order valence-electron chi connectivity index (χ2n) is 7.39. The van der Waals surface area contributed by atoms with Crippen molar-refractivity contribution in [1.82, 2.24) is 19.8 Å². The third-order valence-electron chi connectivity index (χ3n) is 5.47. The number of amides is 4. The van der Waals surface area contributed by atoms with Crippen LogP contribution in [0.2, 0.25) is 0 Å². The molecule has 3 aromatic rings. The number of fused-ring (bicyclic) bond motifs is 1. The third kappa shape index (κ3) is 3.48. The van der Waals surface area contributed by atoms with Crippen LogP contribution in [0.5, 0.6) is 5.75 Å². The lowest BCUT2D eigenvalue weighted by molar-refractivity contribution is -0.133. The maximum Gasteiger partial charge on any atom is 0.325 e. The van der Waals surface area contributed by atoms with Gasteiger partial charge in [-0.2, -0.15) is 0 Å². The average molecular weight is 421 g/mol. The van der Waals surface area contributed by atoms with Crippen molar-refractivity contribution < 1.29 is 19.1 Å². The molecule has 1 atom stereocenters. The molecule has 9 nitrogen and oxygen atoms in total. The van der Waals surface area contributed by atoms with E-state index in [4.69, 9.17) is 4.74 Å². The Kier molecular flexibility index (Phi) is 5.10. The molecule has 0 unspecified atom stereocenters. The molecule has 1 fully saturated rings. The van der Waals surface area contributed by atoms with Gasteiger partial charge in [0, 0.05) is 6.54 Å². The van der Waals surface area contributed by atoms with Gasteiger partial charge in [-0.15, -0.1) is 0 Å². The van der Waals surface area contributed by atoms with E-state index >= 15 is 0 Å². The summed E-state index contributed by atoms with van der Waals surface area (Å²) in [7, 11) is 1.55. The number of para-hydroxylation sites is 2. The number of carbonyl (C=O) groups excluding carboxylic acids is 3. The Morgan fingerprint density at radius 1 is 1.16 bits per heavy atom. The number of rotatable bonds is 6. The molecular weight excluding hydrogens is 398 g/mol. The fourth-order valence-electron chi connectivity index (χ4n) is 3.76. The standard InChI is InChI=1S/C22H23N5O4/c1-4-26-17-8-6-5-7-16(17)23-20(26)24-18(28)13-27-19(29)22(2,25-21(27)30)14-9-11-15(31-3)12-10-14/h5-12H,4,13H2,1-3H3,(H,25,30)(H,23,24,28)/t22-/m1/s1. The van der Waals surface area contributed by atoms with Gasteiger partial charge in [0.1, 0.15) is 17.8 Å². The van der Waals surface area contributed by atoms with Crippen LogP contribution in [0, 0.1) is 0 Å². The van der Waals surface area contributed by atoms with Crippen LogP contribution in [0.1, 0.15) is 19.4 Å². The van der Waals surface area contributed by atoms with E-state index in [1.54, 1.807) is 38.3 Å². The number of aryl methyl sites for hydroxylation is 1. The SMILES string of the molecule is CCn1c(NC(=O)CN2C(=O)N[C@](C)(c3ccc(OC)cc3)C2=O)nc2ccccc21. The number of imidazole rings is 1. The van der Waals surface area contributed by atoms with E-state index < -0.39 is 29.9 Å². The predicted octanol–water partition coefficient (Wildman–Crippen LogP) is 2.47. The number of carbonyl (C=O) groups is 3. The molecule has 0 saturated carbocycles. The molecule has 4 amide bonds. The zero-order valence-electron chi connectivity index (χ0n) is 17.5. The summed E-state index contributed by atoms with van der Waals surface area (Å²) < 4.78 is 7.00. The Morgan fingerprint density at radius 2 is 1.87 bits per heavy atom. The molecule has 0 bridgehead atoms. The number of imide groups is 1. The molecule has 160 valence electrons. The molecule has 2 aromatic carbocycles. The second-order valence-corrected chi connectivity index (χ2v) is 7.39. The van der Waals surface area contributed by atoms with Gasteiger partial charge in [0.2, 0.25) is 11.9 Å². The molecule has 2 N–H and O–H groups in total. The number of hydrogen-bond acceptors (Lipinski definition) is 5. The van der Waals surface area contributed by atoms with Crippen LogP contribution in [0.25, 0.3) is 11.0 Å². The lowest BCUT2D eigenvalue weighted by Gasteiger charge is -2.22. The summed E-state index contributed by atoms with van der Waals surface area (Å²) in [6.45, 7) is 3.75. The highest BCUT2D eigenvalue weighted by Crippen LogP contribution is 2.30. The van der Waals surface area contributed by atoms with E-state index in [0.717, 1.165) is 15.9 Å². The molecule has 2 heterocycles. The quantitative estimate of drug-likeness (QED) is 0.595. The van der Waals surface area contributed by atoms with E-state index in [1.807, 2.05) is 35.8 Å². The lowest BCUT2D eigenvalue weighted by atomic mass is 9.92. The van der Waals surface area contributed by atoms with Crippen molar-refractivity contribution in [3.05, 3.63) is 54.1 Å². The Morgan fingerprint density at radius 3 is 2.55 bits per heavy atom. The highest BCUT2D eigenvalue weighted by atomic mass is 16.5. The fraction of sp³-hybridized carbons (Fsp3) is 0.273. The minimum absolute atomic E-state index is 0.374. The fourth-order valence-corrected chi connectivity index (χ4v) is 3.76. The van der Waals surface area contributed by atoms with Gasteiger partial charge in [-0.3, -0.25) is 19.8 Å². The van der Waals surface area contributed by atoms with Crippen molar-refractivity contribution >= 4 is 34.8 Å². The van der Waals surface area contributed by atoms with Crippen LogP contribution >= 0.6 is 0 Å². The Labute approximate surface area is 179 Å². The first-order valence-electron chi connectivity index (χ1n) is 9.91. The molecular formula is C22H23N5O4. The number of ether oxygens (including phenoxy) is 1. The van der Waals surface area contributed by atoms with E-state index in [9.17, 15) is 14.4 Å². The summed E-state index contributed by atoms with van der Waals surface area (Å²) in [6, 6.07) is 13.8. The zero-order valence-corrected chi connectivity index (χ0v) is 17.5. The first-order chi connectivity index (χ1) is 14.9. The van der Waals surface area contributed by atoms with Crippen LogP contribution in [0.3, 0.4) is 0 Å². The predicted molar refractivity (Wildman–Crippen MR) is 115 cm³/mol. The van der Waals surface area contributed by atoms with Gasteiger partial charge < -0.3 is 14.6 Å². The van der Waals surface area contributed by atoms with Crippen LogP contribution in [0.15, 0.2) is 48.5 Å². The first-order valence-corrected chi connectivity index (χ1v) is 9.91. The molecule has 0 radical (unpaired) electrons. The van der Waals surface area contributed by atoms with E-state index in [0.29, 0.717) is 23.8 Å². The number of nitrogens with one attached hydrogen (secondary N) is 2. The number of urea groups is 1. The van der Waals surface area contributed by atoms with Crippen molar-refractivity contribution in [2.45, 2.75) is 25.9 Å². The van der Waals surface area contributed by atoms with Gasteiger partial charge in [0.05, 0.1) is 18.1 Å². The average Bonchev–Trinajstić information content (AvgIpc) is 3.23. The zero-order chi connectivity index (χ0) is 22.2. The molecule has 9 heteroatoms. The maximum atomic E-state index is 13.1. The van der Waals surface area contributed by atoms with Crippen molar-refractivity contribution in [3.63, 3.8) is 0 Å². The summed E-state index contributed by atoms with van der Waals surface area (Å²) in [6.07, 6.45) is 0. The lowest BCUT2D eigenvalue weighted by Crippen LogP contribution is -2.42. The van der Waals surface area contributed by atoms with Crippen molar-refractivity contribution in [2.24, 2.45) is 0 Å². The van der Waals surface area contributed by atoms with E-state index in [2.05, 4.69) is 15.6 Å². The second kappa shape index (κ2) is 7.75. The Bertz CT molecular complexity index is 1170. The highest BCUT2D eigenvalue weighted by molar-refractivity contribution is 6.10. The van der Waals surface area contributed by atoms with Gasteiger partial charge >= 0.3 is 6.03 Å². The van der Waals surface area contributed by atoms with Gasteiger partial charge in [-0.05, 0) is 43.7 Å². The number of benzene rings is 2. The molecule has 0 spiro atoms. The van der Waals surface area contributed by atoms with Crippen molar-refractivity contribution in [2.75, 3.05) is 19.0 Å². The molecule has 1 saturated heterocycles. The van der Waals surface area contributed by atoms with Crippen molar-refractivity contribution in [1.29, 1.82) is 0 Å².